The number of ether oxygens (including phenoxy) is 2. The highest BCUT2D eigenvalue weighted by Gasteiger charge is 2.38. The summed E-state index contributed by atoms with van der Waals surface area (Å²) in [4.78, 5) is 61.2. The number of nitrogens with one attached hydrogen (secondary N) is 2. The Balaban J connectivity index is 0.00000112. The molecule has 3 rings (SSSR count). The van der Waals surface area contributed by atoms with Crippen LogP contribution in [0.25, 0.3) is 0 Å². The highest BCUT2D eigenvalue weighted by Crippen LogP contribution is 2.18. The van der Waals surface area contributed by atoms with Gasteiger partial charge in [0.25, 0.3) is 0 Å². The van der Waals surface area contributed by atoms with Gasteiger partial charge in [0.2, 0.25) is 5.91 Å². The number of hydrogen-bond acceptors (Lipinski definition) is 8. The van der Waals surface area contributed by atoms with Crippen LogP contribution in [0.1, 0.15) is 57.4 Å². The third kappa shape index (κ3) is 14.5. The molecule has 0 aliphatic rings. The largest absolute Gasteiger partial charge is 0.490 e. The minimum Gasteiger partial charge on any atom is -0.475 e. The van der Waals surface area contributed by atoms with Crippen molar-refractivity contribution in [1.82, 2.24) is 10.6 Å². The lowest BCUT2D eigenvalue weighted by atomic mass is 10.00. The predicted molar refractivity (Wildman–Crippen MR) is 178 cm³/mol. The van der Waals surface area contributed by atoms with Gasteiger partial charge < -0.3 is 30.9 Å². The quantitative estimate of drug-likeness (QED) is 0.124. The highest BCUT2D eigenvalue weighted by atomic mass is 19.4. The van der Waals surface area contributed by atoms with Gasteiger partial charge in [0.15, 0.2) is 12.4 Å². The van der Waals surface area contributed by atoms with E-state index in [-0.39, 0.29) is 13.0 Å². The molecular formula is C36H42F3N3O8. The van der Waals surface area contributed by atoms with Crippen molar-refractivity contribution in [2.24, 2.45) is 5.73 Å². The van der Waals surface area contributed by atoms with Gasteiger partial charge in [-0.1, -0.05) is 78.4 Å². The lowest BCUT2D eigenvalue weighted by Crippen LogP contribution is -2.53. The van der Waals surface area contributed by atoms with Crippen molar-refractivity contribution in [3.63, 3.8) is 0 Å². The summed E-state index contributed by atoms with van der Waals surface area (Å²) in [5, 5.41) is 12.5. The van der Waals surface area contributed by atoms with Crippen LogP contribution in [-0.4, -0.2) is 66.2 Å². The lowest BCUT2D eigenvalue weighted by molar-refractivity contribution is -0.192. The number of aryl methyl sites for hydroxylation is 3. The Labute approximate surface area is 288 Å². The molecule has 50 heavy (non-hydrogen) atoms. The fourth-order valence-electron chi connectivity index (χ4n) is 4.86. The number of carboxylic acid groups (broad SMARTS) is 1. The molecule has 0 unspecified atom stereocenters. The fourth-order valence-corrected chi connectivity index (χ4v) is 4.86. The SMILES string of the molecule is Cc1cc(C)c(C(=O)OCC(=O)[C@@H](CCCCN)NC(=O)[C@@H](Cc2ccccc2)NC(=O)OCc2ccccc2)c(C)c1.O=C(O)C(F)(F)F. The zero-order chi connectivity index (χ0) is 37.3. The number of alkyl halides is 3. The smallest absolute Gasteiger partial charge is 0.475 e. The summed E-state index contributed by atoms with van der Waals surface area (Å²) in [7, 11) is 0. The molecule has 3 aromatic carbocycles. The second-order valence-electron chi connectivity index (χ2n) is 11.4. The van der Waals surface area contributed by atoms with Gasteiger partial charge in [-0.25, -0.2) is 14.4 Å². The molecule has 0 aliphatic carbocycles. The first-order valence-corrected chi connectivity index (χ1v) is 15.7. The first-order chi connectivity index (χ1) is 23.6. The molecule has 2 amide bonds. The summed E-state index contributed by atoms with van der Waals surface area (Å²) in [5.74, 6) is -4.36. The summed E-state index contributed by atoms with van der Waals surface area (Å²) in [6, 6.07) is 20.2. The molecule has 0 saturated heterocycles. The van der Waals surface area contributed by atoms with Crippen molar-refractivity contribution >= 4 is 29.7 Å². The molecule has 0 bridgehead atoms. The summed E-state index contributed by atoms with van der Waals surface area (Å²) in [6.07, 6.45) is -4.13. The second-order valence-corrected chi connectivity index (χ2v) is 11.4. The van der Waals surface area contributed by atoms with Gasteiger partial charge in [-0.3, -0.25) is 9.59 Å². The summed E-state index contributed by atoms with van der Waals surface area (Å²) < 4.78 is 42.5. The molecule has 0 spiro atoms. The Morgan fingerprint density at radius 2 is 1.34 bits per heavy atom. The second kappa shape index (κ2) is 20.3. The van der Waals surface area contributed by atoms with Gasteiger partial charge in [-0.15, -0.1) is 0 Å². The molecule has 0 aromatic heterocycles. The Morgan fingerprint density at radius 3 is 1.86 bits per heavy atom. The summed E-state index contributed by atoms with van der Waals surface area (Å²) >= 11 is 0. The number of nitrogens with two attached hydrogens (primary N) is 1. The number of esters is 1. The number of halogens is 3. The molecule has 0 saturated carbocycles. The maximum atomic E-state index is 13.5. The maximum absolute atomic E-state index is 13.5. The number of alkyl carbamates (subject to hydrolysis) is 1. The molecular weight excluding hydrogens is 659 g/mol. The zero-order valence-corrected chi connectivity index (χ0v) is 28.0. The van der Waals surface area contributed by atoms with Crippen LogP contribution in [0.15, 0.2) is 72.8 Å². The number of amides is 2. The molecule has 0 aliphatic heterocycles. The van der Waals surface area contributed by atoms with Crippen molar-refractivity contribution in [2.45, 2.75) is 71.3 Å². The van der Waals surface area contributed by atoms with Crippen molar-refractivity contribution < 1.29 is 51.7 Å². The van der Waals surface area contributed by atoms with Crippen molar-refractivity contribution in [1.29, 1.82) is 0 Å². The van der Waals surface area contributed by atoms with Gasteiger partial charge in [0.1, 0.15) is 12.6 Å². The summed E-state index contributed by atoms with van der Waals surface area (Å²) in [6.45, 7) is 5.54. The number of rotatable bonds is 15. The molecule has 5 N–H and O–H groups in total. The van der Waals surface area contributed by atoms with Crippen LogP contribution in [0.4, 0.5) is 18.0 Å². The molecule has 0 fully saturated rings. The van der Waals surface area contributed by atoms with Crippen LogP contribution in [0.5, 0.6) is 0 Å². The van der Waals surface area contributed by atoms with Crippen molar-refractivity contribution in [3.8, 4) is 0 Å². The number of carbonyl (C=O) groups is 5. The van der Waals surface area contributed by atoms with Gasteiger partial charge >= 0.3 is 24.2 Å². The number of Topliss-reactive ketones (excluding diaryl/α,β-unsaturated/α-hetero) is 1. The Hall–Kier alpha value is -5.24. The monoisotopic (exact) mass is 701 g/mol. The molecule has 2 atom stereocenters. The topological polar surface area (TPSA) is 174 Å². The number of benzene rings is 3. The first-order valence-electron chi connectivity index (χ1n) is 15.7. The average Bonchev–Trinajstić information content (AvgIpc) is 3.06. The third-order valence-corrected chi connectivity index (χ3v) is 7.23. The molecule has 3 aromatic rings. The highest BCUT2D eigenvalue weighted by molar-refractivity contribution is 5.96. The molecule has 0 heterocycles. The number of aliphatic carboxylic acids is 1. The molecule has 14 heteroatoms. The third-order valence-electron chi connectivity index (χ3n) is 7.23. The molecule has 11 nitrogen and oxygen atoms in total. The van der Waals surface area contributed by atoms with Gasteiger partial charge in [-0.2, -0.15) is 13.2 Å². The van der Waals surface area contributed by atoms with E-state index in [4.69, 9.17) is 25.1 Å². The van der Waals surface area contributed by atoms with E-state index in [9.17, 15) is 32.3 Å². The number of carboxylic acids is 1. The van der Waals surface area contributed by atoms with Crippen LogP contribution in [0.2, 0.25) is 0 Å². The van der Waals surface area contributed by atoms with Crippen molar-refractivity contribution in [3.05, 3.63) is 106 Å². The Morgan fingerprint density at radius 1 is 0.800 bits per heavy atom. The van der Waals surface area contributed by atoms with E-state index in [0.29, 0.717) is 31.4 Å². The number of carbonyl (C=O) groups excluding carboxylic acids is 4. The van der Waals surface area contributed by atoms with E-state index >= 15 is 0 Å². The molecule has 0 radical (unpaired) electrons. The fraction of sp³-hybridized carbons (Fsp3) is 0.361. The Bertz CT molecular complexity index is 1560. The van der Waals surface area contributed by atoms with E-state index in [0.717, 1.165) is 27.8 Å². The van der Waals surface area contributed by atoms with Crippen LogP contribution in [-0.2, 0) is 36.9 Å². The van der Waals surface area contributed by atoms with Crippen molar-refractivity contribution in [2.75, 3.05) is 13.2 Å². The normalized spacial score (nSPS) is 12.0. The van der Waals surface area contributed by atoms with E-state index in [1.165, 1.54) is 0 Å². The van der Waals surface area contributed by atoms with Gasteiger partial charge in [-0.05, 0) is 68.8 Å². The predicted octanol–water partition coefficient (Wildman–Crippen LogP) is 5.12. The van der Waals surface area contributed by atoms with E-state index in [2.05, 4.69) is 10.6 Å². The number of hydrogen-bond donors (Lipinski definition) is 4. The minimum atomic E-state index is -5.08. The number of ketones is 1. The van der Waals surface area contributed by atoms with Gasteiger partial charge in [0.05, 0.1) is 11.6 Å². The van der Waals surface area contributed by atoms with Crippen LogP contribution in [0.3, 0.4) is 0 Å². The summed E-state index contributed by atoms with van der Waals surface area (Å²) in [5.41, 5.74) is 10.2. The zero-order valence-electron chi connectivity index (χ0n) is 28.0. The Kier molecular flexibility index (Phi) is 16.6. The van der Waals surface area contributed by atoms with E-state index in [1.54, 1.807) is 0 Å². The van der Waals surface area contributed by atoms with Crippen LogP contribution < -0.4 is 16.4 Å². The average molecular weight is 702 g/mol. The first kappa shape index (κ1) is 40.9. The molecule has 270 valence electrons. The van der Waals surface area contributed by atoms with Crippen LogP contribution >= 0.6 is 0 Å². The minimum absolute atomic E-state index is 0.0395. The number of unbranched alkanes of at least 4 members (excludes halogenated alkanes) is 1. The maximum Gasteiger partial charge on any atom is 0.490 e. The van der Waals surface area contributed by atoms with E-state index < -0.39 is 54.6 Å². The van der Waals surface area contributed by atoms with E-state index in [1.807, 2.05) is 93.6 Å². The van der Waals surface area contributed by atoms with Gasteiger partial charge in [0, 0.05) is 6.42 Å². The lowest BCUT2D eigenvalue weighted by Gasteiger charge is -2.23. The van der Waals surface area contributed by atoms with Crippen LogP contribution in [0, 0.1) is 20.8 Å². The standard InChI is InChI=1S/C34H41N3O6.C2HF3O2/c1-23-18-24(2)31(25(3)19-23)33(40)42-22-30(38)28(16-10-11-17-35)36-32(39)29(20-26-12-6-4-7-13-26)37-34(41)43-21-27-14-8-5-9-15-27;3-2(4,5)1(6)7/h4-9,12-15,18-19,28-29H,10-11,16-17,20-22,35H2,1-3H3,(H,36,39)(H,37,41);(H,6,7)/t28-,29-;/m1./s1.